The normalized spacial score (nSPS) is 17.2. The molecule has 1 aliphatic heterocycles. The summed E-state index contributed by atoms with van der Waals surface area (Å²) in [7, 11) is 0. The molecule has 0 aliphatic carbocycles. The van der Waals surface area contributed by atoms with Gasteiger partial charge < -0.3 is 10.1 Å². The van der Waals surface area contributed by atoms with Crippen LogP contribution in [0.2, 0.25) is 0 Å². The van der Waals surface area contributed by atoms with Crippen molar-refractivity contribution in [1.82, 2.24) is 5.32 Å². The number of carbonyl (C=O) groups is 1. The topological polar surface area (TPSA) is 38.3 Å². The molecule has 4 heteroatoms. The highest BCUT2D eigenvalue weighted by molar-refractivity contribution is 7.10. The van der Waals surface area contributed by atoms with Gasteiger partial charge >= 0.3 is 0 Å². The van der Waals surface area contributed by atoms with Crippen molar-refractivity contribution in [3.63, 3.8) is 0 Å². The molecule has 1 fully saturated rings. The van der Waals surface area contributed by atoms with E-state index in [2.05, 4.69) is 29.6 Å². The maximum Gasteiger partial charge on any atom is 0.244 e. The van der Waals surface area contributed by atoms with Crippen molar-refractivity contribution in [2.45, 2.75) is 18.3 Å². The third-order valence-electron chi connectivity index (χ3n) is 4.38. The van der Waals surface area contributed by atoms with E-state index in [9.17, 15) is 4.79 Å². The molecular weight excluding hydrogens is 306 g/mol. The standard InChI is InChI=1S/C19H21NO2S/c21-18(9-8-17-7-4-14-23-17)20-15-19(10-12-22-13-11-19)16-5-2-1-3-6-16/h1-9,14H,10-13,15H2,(H,20,21)/b9-8+. The van der Waals surface area contributed by atoms with Crippen molar-refractivity contribution in [2.24, 2.45) is 0 Å². The lowest BCUT2D eigenvalue weighted by molar-refractivity contribution is -0.116. The molecule has 3 rings (SSSR count). The van der Waals surface area contributed by atoms with Crippen molar-refractivity contribution in [3.05, 3.63) is 64.4 Å². The van der Waals surface area contributed by atoms with Gasteiger partial charge in [0.1, 0.15) is 0 Å². The summed E-state index contributed by atoms with van der Waals surface area (Å²) in [6.45, 7) is 2.14. The van der Waals surface area contributed by atoms with Gasteiger partial charge in [0.25, 0.3) is 0 Å². The Bertz CT molecular complexity index is 643. The van der Waals surface area contributed by atoms with Gasteiger partial charge in [-0.05, 0) is 35.9 Å². The smallest absolute Gasteiger partial charge is 0.244 e. The zero-order valence-electron chi connectivity index (χ0n) is 13.0. The number of hydrogen-bond acceptors (Lipinski definition) is 3. The molecule has 3 nitrogen and oxygen atoms in total. The van der Waals surface area contributed by atoms with Crippen LogP contribution in [-0.4, -0.2) is 25.7 Å². The Morgan fingerprint density at radius 3 is 2.65 bits per heavy atom. The van der Waals surface area contributed by atoms with Crippen molar-refractivity contribution in [3.8, 4) is 0 Å². The second-order valence-corrected chi connectivity index (χ2v) is 6.80. The summed E-state index contributed by atoms with van der Waals surface area (Å²) in [6, 6.07) is 14.4. The second-order valence-electron chi connectivity index (χ2n) is 5.83. The number of amides is 1. The van der Waals surface area contributed by atoms with Gasteiger partial charge in [-0.2, -0.15) is 0 Å². The summed E-state index contributed by atoms with van der Waals surface area (Å²) >= 11 is 1.62. The first-order chi connectivity index (χ1) is 11.3. The molecule has 1 aromatic heterocycles. The number of benzene rings is 1. The highest BCUT2D eigenvalue weighted by Gasteiger charge is 2.34. The molecule has 1 aliphatic rings. The van der Waals surface area contributed by atoms with Crippen LogP contribution < -0.4 is 5.32 Å². The van der Waals surface area contributed by atoms with Crippen molar-refractivity contribution in [2.75, 3.05) is 19.8 Å². The molecule has 0 atom stereocenters. The van der Waals surface area contributed by atoms with Gasteiger partial charge in [0.05, 0.1) is 0 Å². The van der Waals surface area contributed by atoms with Crippen molar-refractivity contribution in [1.29, 1.82) is 0 Å². The molecule has 23 heavy (non-hydrogen) atoms. The first-order valence-electron chi connectivity index (χ1n) is 7.91. The molecule has 2 heterocycles. The van der Waals surface area contributed by atoms with Crippen LogP contribution in [0.25, 0.3) is 6.08 Å². The van der Waals surface area contributed by atoms with E-state index in [0.29, 0.717) is 6.54 Å². The molecule has 1 amide bonds. The SMILES string of the molecule is O=C(/C=C/c1cccs1)NCC1(c2ccccc2)CCOCC1. The van der Waals surface area contributed by atoms with E-state index in [-0.39, 0.29) is 11.3 Å². The van der Waals surface area contributed by atoms with E-state index >= 15 is 0 Å². The molecular formula is C19H21NO2S. The van der Waals surface area contributed by atoms with Gasteiger partial charge in [0.15, 0.2) is 0 Å². The van der Waals surface area contributed by atoms with Crippen LogP contribution in [0.15, 0.2) is 53.9 Å². The van der Waals surface area contributed by atoms with Crippen LogP contribution in [0.5, 0.6) is 0 Å². The Morgan fingerprint density at radius 1 is 1.17 bits per heavy atom. The number of carbonyl (C=O) groups excluding carboxylic acids is 1. The fourth-order valence-corrected chi connectivity index (χ4v) is 3.60. The highest BCUT2D eigenvalue weighted by Crippen LogP contribution is 2.34. The zero-order chi connectivity index (χ0) is 16.0. The molecule has 0 spiro atoms. The van der Waals surface area contributed by atoms with Gasteiger partial charge in [-0.25, -0.2) is 0 Å². The summed E-state index contributed by atoms with van der Waals surface area (Å²) in [6.07, 6.45) is 5.35. The molecule has 2 aromatic rings. The van der Waals surface area contributed by atoms with Crippen molar-refractivity contribution >= 4 is 23.3 Å². The van der Waals surface area contributed by atoms with E-state index in [4.69, 9.17) is 4.74 Å². The van der Waals surface area contributed by atoms with Gasteiger partial charge in [-0.1, -0.05) is 36.4 Å². The van der Waals surface area contributed by atoms with E-state index in [1.165, 1.54) is 5.56 Å². The Balaban J connectivity index is 1.66. The molecule has 120 valence electrons. The minimum atomic E-state index is -0.0415. The summed E-state index contributed by atoms with van der Waals surface area (Å²) in [5.41, 5.74) is 1.26. The lowest BCUT2D eigenvalue weighted by Crippen LogP contribution is -2.44. The quantitative estimate of drug-likeness (QED) is 0.852. The van der Waals surface area contributed by atoms with E-state index in [0.717, 1.165) is 30.9 Å². The monoisotopic (exact) mass is 327 g/mol. The predicted molar refractivity (Wildman–Crippen MR) is 94.5 cm³/mol. The lowest BCUT2D eigenvalue weighted by Gasteiger charge is -2.37. The zero-order valence-corrected chi connectivity index (χ0v) is 13.9. The van der Waals surface area contributed by atoms with Gasteiger partial charge in [0, 0.05) is 36.1 Å². The predicted octanol–water partition coefficient (Wildman–Crippen LogP) is 3.63. The highest BCUT2D eigenvalue weighted by atomic mass is 32.1. The van der Waals surface area contributed by atoms with Gasteiger partial charge in [-0.3, -0.25) is 4.79 Å². The first kappa shape index (κ1) is 16.0. The maximum absolute atomic E-state index is 12.1. The Hall–Kier alpha value is -1.91. The minimum absolute atomic E-state index is 0.0219. The Kier molecular flexibility index (Phi) is 5.26. The lowest BCUT2D eigenvalue weighted by atomic mass is 9.74. The minimum Gasteiger partial charge on any atom is -0.381 e. The van der Waals surface area contributed by atoms with Crippen molar-refractivity contribution < 1.29 is 9.53 Å². The van der Waals surface area contributed by atoms with Crippen LogP contribution in [0.4, 0.5) is 0 Å². The molecule has 0 saturated carbocycles. The molecule has 0 unspecified atom stereocenters. The third kappa shape index (κ3) is 4.09. The molecule has 1 aromatic carbocycles. The largest absolute Gasteiger partial charge is 0.381 e. The second kappa shape index (κ2) is 7.57. The van der Waals surface area contributed by atoms with E-state index in [1.54, 1.807) is 17.4 Å². The van der Waals surface area contributed by atoms with E-state index in [1.807, 2.05) is 29.7 Å². The summed E-state index contributed by atoms with van der Waals surface area (Å²) in [4.78, 5) is 13.2. The summed E-state index contributed by atoms with van der Waals surface area (Å²) < 4.78 is 5.52. The number of ether oxygens (including phenoxy) is 1. The number of nitrogens with one attached hydrogen (secondary N) is 1. The van der Waals surface area contributed by atoms with Crippen LogP contribution in [-0.2, 0) is 14.9 Å². The first-order valence-corrected chi connectivity index (χ1v) is 8.79. The van der Waals surface area contributed by atoms with E-state index < -0.39 is 0 Å². The van der Waals surface area contributed by atoms with Crippen LogP contribution in [0.3, 0.4) is 0 Å². The van der Waals surface area contributed by atoms with Gasteiger partial charge in [-0.15, -0.1) is 11.3 Å². The molecule has 1 saturated heterocycles. The number of rotatable bonds is 5. The molecule has 1 N–H and O–H groups in total. The van der Waals surface area contributed by atoms with Crippen LogP contribution in [0, 0.1) is 0 Å². The maximum atomic E-state index is 12.1. The van der Waals surface area contributed by atoms with Crippen LogP contribution in [0.1, 0.15) is 23.3 Å². The fraction of sp³-hybridized carbons (Fsp3) is 0.316. The average Bonchev–Trinajstić information content (AvgIpc) is 3.13. The number of thiophene rings is 1. The molecule has 0 bridgehead atoms. The van der Waals surface area contributed by atoms with Crippen LogP contribution >= 0.6 is 11.3 Å². The summed E-state index contributed by atoms with van der Waals surface area (Å²) in [5.74, 6) is -0.0415. The fourth-order valence-electron chi connectivity index (χ4n) is 2.98. The number of hydrogen-bond donors (Lipinski definition) is 1. The summed E-state index contributed by atoms with van der Waals surface area (Å²) in [5, 5.41) is 5.08. The third-order valence-corrected chi connectivity index (χ3v) is 5.22. The van der Waals surface area contributed by atoms with Gasteiger partial charge in [0.2, 0.25) is 5.91 Å². The molecule has 0 radical (unpaired) electrons. The Morgan fingerprint density at radius 2 is 1.96 bits per heavy atom. The average molecular weight is 327 g/mol. The Labute approximate surface area is 141 Å².